The molecule has 0 fully saturated rings. The van der Waals surface area contributed by atoms with E-state index in [-0.39, 0.29) is 5.48 Å². The summed E-state index contributed by atoms with van der Waals surface area (Å²) < 4.78 is 7.94. The van der Waals surface area contributed by atoms with Crippen LogP contribution in [-0.4, -0.2) is 29.4 Å². The van der Waals surface area contributed by atoms with Gasteiger partial charge < -0.3 is 14.9 Å². The van der Waals surface area contributed by atoms with Crippen molar-refractivity contribution < 1.29 is 34.1 Å². The first-order valence-electron chi connectivity index (χ1n) is 3.63. The molecule has 0 atom stereocenters. The molecule has 0 amide bonds. The summed E-state index contributed by atoms with van der Waals surface area (Å²) in [6.07, 6.45) is 0. The van der Waals surface area contributed by atoms with Crippen LogP contribution in [0.15, 0.2) is 0 Å². The summed E-state index contributed by atoms with van der Waals surface area (Å²) >= 11 is 0. The highest BCUT2D eigenvalue weighted by Gasteiger charge is 1.94. The first-order chi connectivity index (χ1) is 6.25. The lowest BCUT2D eigenvalue weighted by Crippen LogP contribution is -2.03. The summed E-state index contributed by atoms with van der Waals surface area (Å²) in [6, 6.07) is 0. The van der Waals surface area contributed by atoms with Gasteiger partial charge >= 0.3 is 23.9 Å². The lowest BCUT2D eigenvalue weighted by molar-refractivity contribution is -0.158. The number of hydrogen-bond acceptors (Lipinski definition) is 6. The van der Waals surface area contributed by atoms with Crippen LogP contribution in [0, 0.1) is 0 Å². The van der Waals surface area contributed by atoms with E-state index >= 15 is 0 Å². The Bertz CT molecular complexity index is 193. The number of rotatable bonds is 0. The quantitative estimate of drug-likeness (QED) is 0.397. The molecule has 0 aliphatic heterocycles. The maximum atomic E-state index is 9.81. The standard InChI is InChI=1S/2C4H6O3.H2O/c2*1-3(5)7-4(2)6;/h2*1-2H3;1H2. The maximum Gasteiger partial charge on any atom is 0.310 e. The molecule has 0 aromatic rings. The molecule has 0 bridgehead atoms. The van der Waals surface area contributed by atoms with Gasteiger partial charge in [0, 0.05) is 27.7 Å². The number of carbonyl (C=O) groups excluding carboxylic acids is 4. The molecule has 0 spiro atoms. The Morgan fingerprint density at radius 3 is 0.733 bits per heavy atom. The molecule has 0 radical (unpaired) electrons. The second kappa shape index (κ2) is 10.3. The number of ether oxygens (including phenoxy) is 2. The maximum absolute atomic E-state index is 9.81. The molecule has 0 unspecified atom stereocenters. The Hall–Kier alpha value is -1.76. The molecule has 0 aromatic carbocycles. The Labute approximate surface area is 86.7 Å². The monoisotopic (exact) mass is 222 g/mol. The fourth-order valence-electron chi connectivity index (χ4n) is 0.405. The molecule has 88 valence electrons. The minimum absolute atomic E-state index is 0. The summed E-state index contributed by atoms with van der Waals surface area (Å²) in [5, 5.41) is 0. The van der Waals surface area contributed by atoms with Gasteiger partial charge in [-0.2, -0.15) is 0 Å². The minimum atomic E-state index is -0.562. The van der Waals surface area contributed by atoms with E-state index in [9.17, 15) is 19.2 Å². The van der Waals surface area contributed by atoms with Crippen LogP contribution in [0.1, 0.15) is 27.7 Å². The first kappa shape index (κ1) is 18.9. The number of hydrogen-bond donors (Lipinski definition) is 0. The molecular formula is C8H14O7. The van der Waals surface area contributed by atoms with E-state index in [4.69, 9.17) is 0 Å². The van der Waals surface area contributed by atoms with E-state index in [2.05, 4.69) is 9.47 Å². The summed E-state index contributed by atoms with van der Waals surface area (Å²) in [7, 11) is 0. The van der Waals surface area contributed by atoms with Crippen molar-refractivity contribution in [3.05, 3.63) is 0 Å². The van der Waals surface area contributed by atoms with Crippen LogP contribution in [-0.2, 0) is 28.7 Å². The van der Waals surface area contributed by atoms with Crippen molar-refractivity contribution in [1.29, 1.82) is 0 Å². The second-order valence-electron chi connectivity index (χ2n) is 2.17. The lowest BCUT2D eigenvalue weighted by atomic mass is 10.7. The summed E-state index contributed by atoms with van der Waals surface area (Å²) in [6.45, 7) is 4.73. The van der Waals surface area contributed by atoms with Crippen LogP contribution < -0.4 is 0 Å². The van der Waals surface area contributed by atoms with Crippen LogP contribution in [0.3, 0.4) is 0 Å². The van der Waals surface area contributed by atoms with Crippen molar-refractivity contribution in [3.8, 4) is 0 Å². The van der Waals surface area contributed by atoms with Crippen molar-refractivity contribution in [3.63, 3.8) is 0 Å². The number of carbonyl (C=O) groups is 4. The van der Waals surface area contributed by atoms with Gasteiger partial charge in [-0.05, 0) is 0 Å². The first-order valence-corrected chi connectivity index (χ1v) is 3.63. The van der Waals surface area contributed by atoms with Gasteiger partial charge in [-0.25, -0.2) is 0 Å². The van der Waals surface area contributed by atoms with Gasteiger partial charge in [-0.1, -0.05) is 0 Å². The molecule has 0 aliphatic rings. The van der Waals surface area contributed by atoms with Gasteiger partial charge in [0.25, 0.3) is 0 Å². The smallest absolute Gasteiger partial charge is 0.310 e. The van der Waals surface area contributed by atoms with E-state index in [1.54, 1.807) is 0 Å². The molecule has 7 nitrogen and oxygen atoms in total. The summed E-state index contributed by atoms with van der Waals surface area (Å²) in [5.74, 6) is -2.25. The molecule has 0 rings (SSSR count). The molecule has 0 saturated heterocycles. The largest absolute Gasteiger partial charge is 0.412 e. The van der Waals surface area contributed by atoms with E-state index in [0.29, 0.717) is 0 Å². The van der Waals surface area contributed by atoms with E-state index in [0.717, 1.165) is 0 Å². The zero-order valence-corrected chi connectivity index (χ0v) is 8.95. The molecular weight excluding hydrogens is 208 g/mol. The average molecular weight is 222 g/mol. The predicted octanol–water partition coefficient (Wildman–Crippen LogP) is -0.633. The molecule has 15 heavy (non-hydrogen) atoms. The highest BCUT2D eigenvalue weighted by atomic mass is 16.6. The van der Waals surface area contributed by atoms with E-state index < -0.39 is 23.9 Å². The third-order valence-electron chi connectivity index (χ3n) is 0.575. The van der Waals surface area contributed by atoms with Crippen LogP contribution >= 0.6 is 0 Å². The minimum Gasteiger partial charge on any atom is -0.412 e. The third-order valence-corrected chi connectivity index (χ3v) is 0.575. The highest BCUT2D eigenvalue weighted by Crippen LogP contribution is 1.74. The zero-order chi connectivity index (χ0) is 11.7. The molecule has 2 N–H and O–H groups in total. The van der Waals surface area contributed by atoms with Crippen molar-refractivity contribution in [2.45, 2.75) is 27.7 Å². The van der Waals surface area contributed by atoms with Gasteiger partial charge in [-0.15, -0.1) is 0 Å². The van der Waals surface area contributed by atoms with E-state index in [1.807, 2.05) is 0 Å². The molecule has 0 saturated carbocycles. The van der Waals surface area contributed by atoms with Gasteiger partial charge in [0.1, 0.15) is 0 Å². The molecule has 0 heterocycles. The van der Waals surface area contributed by atoms with Gasteiger partial charge in [0.15, 0.2) is 0 Å². The van der Waals surface area contributed by atoms with Crippen LogP contribution in [0.4, 0.5) is 0 Å². The topological polar surface area (TPSA) is 118 Å². The molecule has 0 aromatic heterocycles. The Morgan fingerprint density at radius 2 is 0.733 bits per heavy atom. The summed E-state index contributed by atoms with van der Waals surface area (Å²) in [5.41, 5.74) is 0. The van der Waals surface area contributed by atoms with Crippen molar-refractivity contribution in [1.82, 2.24) is 0 Å². The van der Waals surface area contributed by atoms with Crippen molar-refractivity contribution >= 4 is 23.9 Å². The summed E-state index contributed by atoms with van der Waals surface area (Å²) in [4.78, 5) is 39.2. The Balaban J connectivity index is -0.000000180. The predicted molar refractivity (Wildman–Crippen MR) is 48.5 cm³/mol. The van der Waals surface area contributed by atoms with Gasteiger partial charge in [0.2, 0.25) is 0 Å². The second-order valence-corrected chi connectivity index (χ2v) is 2.17. The molecule has 0 aliphatic carbocycles. The van der Waals surface area contributed by atoms with Crippen molar-refractivity contribution in [2.75, 3.05) is 0 Å². The van der Waals surface area contributed by atoms with Crippen LogP contribution in [0.2, 0.25) is 0 Å². The normalized spacial score (nSPS) is 7.20. The lowest BCUT2D eigenvalue weighted by Gasteiger charge is -1.87. The van der Waals surface area contributed by atoms with Crippen molar-refractivity contribution in [2.24, 2.45) is 0 Å². The van der Waals surface area contributed by atoms with Gasteiger partial charge in [-0.3, -0.25) is 19.2 Å². The molecule has 7 heteroatoms. The zero-order valence-electron chi connectivity index (χ0n) is 8.95. The van der Waals surface area contributed by atoms with Crippen LogP contribution in [0.5, 0.6) is 0 Å². The third kappa shape index (κ3) is 33.0. The Kier molecular flexibility index (Phi) is 13.0. The average Bonchev–Trinajstić information content (AvgIpc) is 1.79. The fourth-order valence-corrected chi connectivity index (χ4v) is 0.405. The van der Waals surface area contributed by atoms with E-state index in [1.165, 1.54) is 27.7 Å². The fraction of sp³-hybridized carbons (Fsp3) is 0.500. The number of esters is 4. The SMILES string of the molecule is CC(=O)OC(C)=O.CC(=O)OC(C)=O.O. The van der Waals surface area contributed by atoms with Crippen LogP contribution in [0.25, 0.3) is 0 Å². The Morgan fingerprint density at radius 1 is 0.600 bits per heavy atom. The van der Waals surface area contributed by atoms with Gasteiger partial charge in [0.05, 0.1) is 0 Å². The highest BCUT2D eigenvalue weighted by molar-refractivity contribution is 5.82.